The summed E-state index contributed by atoms with van der Waals surface area (Å²) in [6.45, 7) is 3.83. The van der Waals surface area contributed by atoms with Crippen molar-refractivity contribution < 1.29 is 13.2 Å². The largest absolute Gasteiger partial charge is 0.322 e. The molecule has 2 rings (SSSR count). The van der Waals surface area contributed by atoms with Crippen molar-refractivity contribution in [3.05, 3.63) is 59.2 Å². The van der Waals surface area contributed by atoms with E-state index in [9.17, 15) is 13.2 Å². The van der Waals surface area contributed by atoms with Crippen molar-refractivity contribution in [2.45, 2.75) is 18.7 Å². The zero-order valence-corrected chi connectivity index (χ0v) is 14.4. The number of anilines is 1. The smallest absolute Gasteiger partial charge is 0.255 e. The fourth-order valence-corrected chi connectivity index (χ4v) is 3.09. The monoisotopic (exact) mass is 332 g/mol. The SMILES string of the molecule is Cc1cccc(C(=O)Nc2cccc(S(=O)(=O)N(C)C)c2)c1C. The first-order valence-electron chi connectivity index (χ1n) is 7.13. The van der Waals surface area contributed by atoms with Crippen LogP contribution in [0.3, 0.4) is 0 Å². The minimum atomic E-state index is -3.53. The second-order valence-electron chi connectivity index (χ2n) is 5.52. The number of sulfonamides is 1. The first-order chi connectivity index (χ1) is 10.7. The van der Waals surface area contributed by atoms with E-state index >= 15 is 0 Å². The highest BCUT2D eigenvalue weighted by Crippen LogP contribution is 2.20. The molecule has 23 heavy (non-hydrogen) atoms. The zero-order valence-electron chi connectivity index (χ0n) is 13.6. The zero-order chi connectivity index (χ0) is 17.2. The Kier molecular flexibility index (Phi) is 4.87. The molecule has 1 amide bonds. The van der Waals surface area contributed by atoms with Gasteiger partial charge in [-0.25, -0.2) is 12.7 Å². The van der Waals surface area contributed by atoms with Crippen LogP contribution in [0.4, 0.5) is 5.69 Å². The molecule has 0 spiro atoms. The summed E-state index contributed by atoms with van der Waals surface area (Å²) >= 11 is 0. The summed E-state index contributed by atoms with van der Waals surface area (Å²) in [5.41, 5.74) is 2.95. The van der Waals surface area contributed by atoms with E-state index in [1.54, 1.807) is 18.2 Å². The molecule has 0 aliphatic carbocycles. The van der Waals surface area contributed by atoms with Gasteiger partial charge in [-0.1, -0.05) is 18.2 Å². The summed E-state index contributed by atoms with van der Waals surface area (Å²) in [4.78, 5) is 12.6. The Morgan fingerprint density at radius 2 is 1.70 bits per heavy atom. The van der Waals surface area contributed by atoms with Crippen molar-refractivity contribution in [3.63, 3.8) is 0 Å². The maximum absolute atomic E-state index is 12.4. The molecule has 0 saturated heterocycles. The van der Waals surface area contributed by atoms with Crippen LogP contribution in [0.15, 0.2) is 47.4 Å². The molecule has 0 heterocycles. The molecule has 2 aromatic carbocycles. The average Bonchev–Trinajstić information content (AvgIpc) is 2.50. The second-order valence-corrected chi connectivity index (χ2v) is 7.67. The normalized spacial score (nSPS) is 11.5. The Balaban J connectivity index is 2.31. The third-order valence-electron chi connectivity index (χ3n) is 3.72. The van der Waals surface area contributed by atoms with E-state index < -0.39 is 10.0 Å². The van der Waals surface area contributed by atoms with E-state index in [4.69, 9.17) is 0 Å². The molecular weight excluding hydrogens is 312 g/mol. The predicted octanol–water partition coefficient (Wildman–Crippen LogP) is 2.81. The maximum Gasteiger partial charge on any atom is 0.255 e. The fourth-order valence-electron chi connectivity index (χ4n) is 2.14. The van der Waals surface area contributed by atoms with E-state index in [2.05, 4.69) is 5.32 Å². The van der Waals surface area contributed by atoms with Gasteiger partial charge >= 0.3 is 0 Å². The molecular formula is C17H20N2O3S. The van der Waals surface area contributed by atoms with E-state index in [0.29, 0.717) is 11.3 Å². The number of hydrogen-bond donors (Lipinski definition) is 1. The second kappa shape index (κ2) is 6.52. The van der Waals surface area contributed by atoms with Crippen molar-refractivity contribution in [2.24, 2.45) is 0 Å². The maximum atomic E-state index is 12.4. The van der Waals surface area contributed by atoms with Crippen molar-refractivity contribution in [1.29, 1.82) is 0 Å². The van der Waals surface area contributed by atoms with Crippen LogP contribution < -0.4 is 5.32 Å². The quantitative estimate of drug-likeness (QED) is 0.936. The van der Waals surface area contributed by atoms with Gasteiger partial charge in [0.1, 0.15) is 0 Å². The Morgan fingerprint density at radius 1 is 1.04 bits per heavy atom. The van der Waals surface area contributed by atoms with Gasteiger partial charge in [0.15, 0.2) is 0 Å². The number of carbonyl (C=O) groups excluding carboxylic acids is 1. The van der Waals surface area contributed by atoms with Crippen molar-refractivity contribution >= 4 is 21.6 Å². The number of rotatable bonds is 4. The van der Waals surface area contributed by atoms with E-state index in [0.717, 1.165) is 15.4 Å². The highest BCUT2D eigenvalue weighted by molar-refractivity contribution is 7.89. The molecule has 5 nitrogen and oxygen atoms in total. The number of nitrogens with zero attached hydrogens (tertiary/aromatic N) is 1. The molecule has 0 aliphatic heterocycles. The summed E-state index contributed by atoms with van der Waals surface area (Å²) in [7, 11) is -0.595. The highest BCUT2D eigenvalue weighted by atomic mass is 32.2. The van der Waals surface area contributed by atoms with Crippen LogP contribution in [0, 0.1) is 13.8 Å². The minimum Gasteiger partial charge on any atom is -0.322 e. The molecule has 0 aromatic heterocycles. The minimum absolute atomic E-state index is 0.140. The Labute approximate surface area is 137 Å². The van der Waals surface area contributed by atoms with Crippen LogP contribution in [-0.2, 0) is 10.0 Å². The molecule has 0 saturated carbocycles. The molecule has 0 unspecified atom stereocenters. The predicted molar refractivity (Wildman–Crippen MR) is 91.2 cm³/mol. The average molecular weight is 332 g/mol. The van der Waals surface area contributed by atoms with Crippen LogP contribution in [-0.4, -0.2) is 32.7 Å². The number of nitrogens with one attached hydrogen (secondary N) is 1. The van der Waals surface area contributed by atoms with Gasteiger partial charge < -0.3 is 5.32 Å². The molecule has 2 aromatic rings. The first-order valence-corrected chi connectivity index (χ1v) is 8.57. The molecule has 0 radical (unpaired) electrons. The number of hydrogen-bond acceptors (Lipinski definition) is 3. The summed E-state index contributed by atoms with van der Waals surface area (Å²) in [5.74, 6) is -0.259. The lowest BCUT2D eigenvalue weighted by Gasteiger charge is -2.13. The number of benzene rings is 2. The van der Waals surface area contributed by atoms with Crippen LogP contribution in [0.5, 0.6) is 0 Å². The summed E-state index contributed by atoms with van der Waals surface area (Å²) in [5, 5.41) is 2.76. The lowest BCUT2D eigenvalue weighted by Crippen LogP contribution is -2.22. The van der Waals surface area contributed by atoms with Gasteiger partial charge in [-0.2, -0.15) is 0 Å². The third-order valence-corrected chi connectivity index (χ3v) is 5.53. The molecule has 122 valence electrons. The topological polar surface area (TPSA) is 66.5 Å². The summed E-state index contributed by atoms with van der Waals surface area (Å²) in [6.07, 6.45) is 0. The lowest BCUT2D eigenvalue weighted by atomic mass is 10.0. The van der Waals surface area contributed by atoms with Gasteiger partial charge in [-0.3, -0.25) is 4.79 Å². The Morgan fingerprint density at radius 3 is 2.35 bits per heavy atom. The van der Waals surface area contributed by atoms with Gasteiger partial charge in [0.2, 0.25) is 10.0 Å². The molecule has 0 aliphatic rings. The van der Waals surface area contributed by atoms with E-state index in [1.807, 2.05) is 26.0 Å². The van der Waals surface area contributed by atoms with Crippen molar-refractivity contribution in [1.82, 2.24) is 4.31 Å². The van der Waals surface area contributed by atoms with Gasteiger partial charge in [0, 0.05) is 25.3 Å². The number of amides is 1. The Bertz CT molecular complexity index is 843. The first kappa shape index (κ1) is 17.2. The van der Waals surface area contributed by atoms with Crippen molar-refractivity contribution in [3.8, 4) is 0 Å². The van der Waals surface area contributed by atoms with Crippen LogP contribution >= 0.6 is 0 Å². The van der Waals surface area contributed by atoms with Crippen molar-refractivity contribution in [2.75, 3.05) is 19.4 Å². The Hall–Kier alpha value is -2.18. The van der Waals surface area contributed by atoms with Gasteiger partial charge in [0.25, 0.3) is 5.91 Å². The molecule has 0 atom stereocenters. The molecule has 0 bridgehead atoms. The lowest BCUT2D eigenvalue weighted by molar-refractivity contribution is 0.102. The van der Waals surface area contributed by atoms with Gasteiger partial charge in [0.05, 0.1) is 4.90 Å². The molecule has 6 heteroatoms. The molecule has 0 fully saturated rings. The van der Waals surface area contributed by atoms with Gasteiger partial charge in [-0.05, 0) is 49.2 Å². The third kappa shape index (κ3) is 3.60. The fraction of sp³-hybridized carbons (Fsp3) is 0.235. The van der Waals surface area contributed by atoms with E-state index in [-0.39, 0.29) is 10.8 Å². The standard InChI is InChI=1S/C17H20N2O3S/c1-12-7-5-10-16(13(12)2)17(20)18-14-8-6-9-15(11-14)23(21,22)19(3)4/h5-11H,1-4H3,(H,18,20). The number of aryl methyl sites for hydroxylation is 1. The molecule has 1 N–H and O–H groups in total. The van der Waals surface area contributed by atoms with Crippen LogP contribution in [0.1, 0.15) is 21.5 Å². The highest BCUT2D eigenvalue weighted by Gasteiger charge is 2.18. The van der Waals surface area contributed by atoms with Crippen LogP contribution in [0.2, 0.25) is 0 Å². The summed E-state index contributed by atoms with van der Waals surface area (Å²) in [6, 6.07) is 11.7. The van der Waals surface area contributed by atoms with E-state index in [1.165, 1.54) is 26.2 Å². The van der Waals surface area contributed by atoms with Crippen LogP contribution in [0.25, 0.3) is 0 Å². The van der Waals surface area contributed by atoms with Gasteiger partial charge in [-0.15, -0.1) is 0 Å². The summed E-state index contributed by atoms with van der Waals surface area (Å²) < 4.78 is 25.4. The number of carbonyl (C=O) groups is 1.